The van der Waals surface area contributed by atoms with Crippen LogP contribution in [0.2, 0.25) is 0 Å². The number of aromatic nitrogens is 1. The first-order valence-corrected chi connectivity index (χ1v) is 7.03. The highest BCUT2D eigenvalue weighted by molar-refractivity contribution is 5.91. The van der Waals surface area contributed by atoms with Gasteiger partial charge in [-0.25, -0.2) is 4.79 Å². The highest BCUT2D eigenvalue weighted by Crippen LogP contribution is 2.27. The first-order chi connectivity index (χ1) is 11.1. The first-order valence-electron chi connectivity index (χ1n) is 7.03. The summed E-state index contributed by atoms with van der Waals surface area (Å²) in [5, 5.41) is 12.3. The van der Waals surface area contributed by atoms with E-state index in [1.54, 1.807) is 11.0 Å². The molecule has 1 aromatic heterocycles. The number of benzene rings is 1. The van der Waals surface area contributed by atoms with E-state index in [0.29, 0.717) is 24.3 Å². The van der Waals surface area contributed by atoms with Gasteiger partial charge in [-0.05, 0) is 16.8 Å². The average molecular weight is 314 g/mol. The molecular formula is C16H14N2O5. The van der Waals surface area contributed by atoms with Gasteiger partial charge in [0.15, 0.2) is 0 Å². The van der Waals surface area contributed by atoms with Crippen LogP contribution in [0.5, 0.6) is 5.88 Å². The Morgan fingerprint density at radius 3 is 2.83 bits per heavy atom. The monoisotopic (exact) mass is 314 g/mol. The van der Waals surface area contributed by atoms with E-state index in [1.807, 2.05) is 30.3 Å². The number of carboxylic acid groups (broad SMARTS) is 1. The largest absolute Gasteiger partial charge is 0.512 e. The molecule has 0 spiro atoms. The molecule has 1 amide bonds. The Morgan fingerprint density at radius 2 is 2.09 bits per heavy atom. The second kappa shape index (κ2) is 6.35. The van der Waals surface area contributed by atoms with E-state index < -0.39 is 6.16 Å². The molecule has 0 fully saturated rings. The molecule has 1 aliphatic heterocycles. The Labute approximate surface area is 131 Å². The third-order valence-corrected chi connectivity index (χ3v) is 3.50. The van der Waals surface area contributed by atoms with Crippen LogP contribution in [-0.4, -0.2) is 33.8 Å². The number of ether oxygens (including phenoxy) is 1. The smallest absolute Gasteiger partial charge is 0.449 e. The van der Waals surface area contributed by atoms with Gasteiger partial charge in [-0.1, -0.05) is 30.3 Å². The Bertz CT molecular complexity index is 751. The number of carbonyl (C=O) groups excluding carboxylic acids is 1. The summed E-state index contributed by atoms with van der Waals surface area (Å²) in [6.07, 6.45) is 2.23. The van der Waals surface area contributed by atoms with Gasteiger partial charge in [-0.3, -0.25) is 4.79 Å². The van der Waals surface area contributed by atoms with Gasteiger partial charge < -0.3 is 19.3 Å². The quantitative estimate of drug-likeness (QED) is 0.690. The molecule has 7 nitrogen and oxygen atoms in total. The number of hydrogen-bond acceptors (Lipinski definition) is 5. The third-order valence-electron chi connectivity index (χ3n) is 3.50. The molecule has 0 aliphatic carbocycles. The van der Waals surface area contributed by atoms with Crippen molar-refractivity contribution in [2.75, 3.05) is 6.54 Å². The lowest BCUT2D eigenvalue weighted by Gasteiger charge is -2.24. The molecule has 23 heavy (non-hydrogen) atoms. The van der Waals surface area contributed by atoms with Crippen LogP contribution in [0.25, 0.3) is 6.08 Å². The van der Waals surface area contributed by atoms with E-state index in [-0.39, 0.29) is 18.3 Å². The van der Waals surface area contributed by atoms with Crippen LogP contribution in [0.1, 0.15) is 16.9 Å². The first kappa shape index (κ1) is 14.8. The van der Waals surface area contributed by atoms with Crippen molar-refractivity contribution in [3.05, 3.63) is 53.3 Å². The summed E-state index contributed by atoms with van der Waals surface area (Å²) < 4.78 is 9.62. The van der Waals surface area contributed by atoms with E-state index in [0.717, 1.165) is 5.56 Å². The number of amides is 1. The highest BCUT2D eigenvalue weighted by atomic mass is 16.7. The third kappa shape index (κ3) is 3.39. The van der Waals surface area contributed by atoms with E-state index in [4.69, 9.17) is 9.63 Å². The molecule has 0 radical (unpaired) electrons. The summed E-state index contributed by atoms with van der Waals surface area (Å²) in [4.78, 5) is 24.5. The molecule has 1 aromatic carbocycles. The predicted octanol–water partition coefficient (Wildman–Crippen LogP) is 2.33. The van der Waals surface area contributed by atoms with Crippen molar-refractivity contribution < 1.29 is 24.0 Å². The van der Waals surface area contributed by atoms with Gasteiger partial charge in [-0.2, -0.15) is 0 Å². The van der Waals surface area contributed by atoms with Crippen molar-refractivity contribution in [1.82, 2.24) is 10.1 Å². The fourth-order valence-corrected chi connectivity index (χ4v) is 2.37. The molecule has 0 saturated carbocycles. The van der Waals surface area contributed by atoms with E-state index >= 15 is 0 Å². The molecule has 0 unspecified atom stereocenters. The molecule has 0 saturated heterocycles. The van der Waals surface area contributed by atoms with E-state index in [9.17, 15) is 9.59 Å². The normalized spacial score (nSPS) is 13.8. The SMILES string of the molecule is O=C(O)Oc1noc2c1CN(C(=O)C=Cc1ccccc1)CC2. The van der Waals surface area contributed by atoms with Crippen LogP contribution in [-0.2, 0) is 17.8 Å². The van der Waals surface area contributed by atoms with Crippen LogP contribution >= 0.6 is 0 Å². The van der Waals surface area contributed by atoms with Crippen molar-refractivity contribution in [3.8, 4) is 5.88 Å². The molecule has 2 aromatic rings. The number of hydrogen-bond donors (Lipinski definition) is 1. The molecule has 3 rings (SSSR count). The van der Waals surface area contributed by atoms with Gasteiger partial charge in [0.25, 0.3) is 5.88 Å². The lowest BCUT2D eigenvalue weighted by Crippen LogP contribution is -2.34. The lowest BCUT2D eigenvalue weighted by molar-refractivity contribution is -0.126. The summed E-state index contributed by atoms with van der Waals surface area (Å²) in [6.45, 7) is 0.687. The number of rotatable bonds is 3. The predicted molar refractivity (Wildman–Crippen MR) is 79.8 cm³/mol. The average Bonchev–Trinajstić information content (AvgIpc) is 2.95. The van der Waals surface area contributed by atoms with Crippen LogP contribution < -0.4 is 4.74 Å². The molecule has 118 valence electrons. The molecule has 0 bridgehead atoms. The minimum atomic E-state index is -1.46. The zero-order valence-electron chi connectivity index (χ0n) is 12.1. The maximum Gasteiger partial charge on any atom is 0.512 e. The van der Waals surface area contributed by atoms with Crippen molar-refractivity contribution in [2.45, 2.75) is 13.0 Å². The van der Waals surface area contributed by atoms with Gasteiger partial charge in [0.05, 0.1) is 12.1 Å². The standard InChI is InChI=1S/C16H14N2O5/c19-14(7-6-11-4-2-1-3-5-11)18-9-8-13-12(10-18)15(17-23-13)22-16(20)21/h1-7H,8-10H2,(H,20,21). The fourth-order valence-electron chi connectivity index (χ4n) is 2.37. The van der Waals surface area contributed by atoms with Gasteiger partial charge >= 0.3 is 6.16 Å². The summed E-state index contributed by atoms with van der Waals surface area (Å²) >= 11 is 0. The van der Waals surface area contributed by atoms with Gasteiger partial charge in [0.1, 0.15) is 5.76 Å². The summed E-state index contributed by atoms with van der Waals surface area (Å²) in [6, 6.07) is 9.49. The zero-order chi connectivity index (χ0) is 16.2. The van der Waals surface area contributed by atoms with E-state index in [2.05, 4.69) is 9.89 Å². The molecule has 7 heteroatoms. The molecule has 0 atom stereocenters. The molecule has 1 N–H and O–H groups in total. The van der Waals surface area contributed by atoms with Crippen LogP contribution in [0.15, 0.2) is 40.9 Å². The molecule has 2 heterocycles. The maximum atomic E-state index is 12.3. The number of carbonyl (C=O) groups is 2. The van der Waals surface area contributed by atoms with E-state index in [1.165, 1.54) is 6.08 Å². The Kier molecular flexibility index (Phi) is 4.09. The zero-order valence-corrected chi connectivity index (χ0v) is 12.1. The number of fused-ring (bicyclic) bond motifs is 1. The van der Waals surface area contributed by atoms with Crippen LogP contribution in [0, 0.1) is 0 Å². The molecular weight excluding hydrogens is 300 g/mol. The Hall–Kier alpha value is -3.09. The van der Waals surface area contributed by atoms with Crippen molar-refractivity contribution >= 4 is 18.1 Å². The van der Waals surface area contributed by atoms with Crippen molar-refractivity contribution in [1.29, 1.82) is 0 Å². The number of nitrogens with zero attached hydrogens (tertiary/aromatic N) is 2. The molecule has 1 aliphatic rings. The lowest BCUT2D eigenvalue weighted by atomic mass is 10.1. The summed E-state index contributed by atoms with van der Waals surface area (Å²) in [5.74, 6) is 0.288. The van der Waals surface area contributed by atoms with Gasteiger partial charge in [-0.15, -0.1) is 0 Å². The van der Waals surface area contributed by atoms with Gasteiger partial charge in [0, 0.05) is 19.0 Å². The van der Waals surface area contributed by atoms with Crippen molar-refractivity contribution in [3.63, 3.8) is 0 Å². The minimum Gasteiger partial charge on any atom is -0.449 e. The fraction of sp³-hybridized carbons (Fsp3) is 0.188. The minimum absolute atomic E-state index is 0.1000. The Morgan fingerprint density at radius 1 is 1.30 bits per heavy atom. The van der Waals surface area contributed by atoms with Gasteiger partial charge in [0.2, 0.25) is 5.91 Å². The van der Waals surface area contributed by atoms with Crippen molar-refractivity contribution in [2.24, 2.45) is 0 Å². The summed E-state index contributed by atoms with van der Waals surface area (Å²) in [5.41, 5.74) is 1.43. The second-order valence-electron chi connectivity index (χ2n) is 5.01. The van der Waals surface area contributed by atoms with Crippen LogP contribution in [0.4, 0.5) is 4.79 Å². The summed E-state index contributed by atoms with van der Waals surface area (Å²) in [7, 11) is 0. The maximum absolute atomic E-state index is 12.3. The topological polar surface area (TPSA) is 92.9 Å². The highest BCUT2D eigenvalue weighted by Gasteiger charge is 2.28. The Balaban J connectivity index is 1.71. The van der Waals surface area contributed by atoms with Crippen LogP contribution in [0.3, 0.4) is 0 Å². The second-order valence-corrected chi connectivity index (χ2v) is 5.01.